The van der Waals surface area contributed by atoms with Crippen LogP contribution >= 0.6 is 0 Å². The van der Waals surface area contributed by atoms with Crippen molar-refractivity contribution in [2.75, 3.05) is 18.5 Å². The first-order chi connectivity index (χ1) is 13.8. The van der Waals surface area contributed by atoms with Crippen LogP contribution < -0.4 is 5.32 Å². The fourth-order valence-corrected chi connectivity index (χ4v) is 3.80. The van der Waals surface area contributed by atoms with Gasteiger partial charge in [0.1, 0.15) is 0 Å². The van der Waals surface area contributed by atoms with Crippen LogP contribution in [0.25, 0.3) is 0 Å². The van der Waals surface area contributed by atoms with Crippen molar-refractivity contribution < 1.29 is 9.53 Å². The summed E-state index contributed by atoms with van der Waals surface area (Å²) in [5.74, 6) is 0.847. The van der Waals surface area contributed by atoms with Crippen LogP contribution in [0.15, 0.2) is 48.8 Å². The average molecular weight is 380 g/mol. The van der Waals surface area contributed by atoms with Crippen LogP contribution in [0.1, 0.15) is 43.2 Å². The third-order valence-corrected chi connectivity index (χ3v) is 5.54. The first-order valence-electron chi connectivity index (χ1n) is 10.4. The molecule has 2 aromatic rings. The summed E-state index contributed by atoms with van der Waals surface area (Å²) in [6, 6.07) is 11.9. The molecule has 1 saturated carbocycles. The summed E-state index contributed by atoms with van der Waals surface area (Å²) in [4.78, 5) is 19.5. The van der Waals surface area contributed by atoms with Gasteiger partial charge in [-0.3, -0.25) is 14.7 Å². The Morgan fingerprint density at radius 3 is 2.86 bits per heavy atom. The predicted octanol–water partition coefficient (Wildman–Crippen LogP) is 4.00. The van der Waals surface area contributed by atoms with Crippen molar-refractivity contribution in [1.82, 2.24) is 9.88 Å². The third kappa shape index (κ3) is 5.40. The summed E-state index contributed by atoms with van der Waals surface area (Å²) in [6.45, 7) is 3.17. The number of hydrogen-bond donors (Lipinski definition) is 1. The summed E-state index contributed by atoms with van der Waals surface area (Å²) in [6.07, 6.45) is 9.39. The van der Waals surface area contributed by atoms with E-state index in [0.717, 1.165) is 61.7 Å². The van der Waals surface area contributed by atoms with Crippen LogP contribution in [0, 0.1) is 5.92 Å². The van der Waals surface area contributed by atoms with Crippen molar-refractivity contribution in [3.63, 3.8) is 0 Å². The van der Waals surface area contributed by atoms with Crippen molar-refractivity contribution in [3.8, 4) is 0 Å². The van der Waals surface area contributed by atoms with E-state index in [1.165, 1.54) is 12.8 Å². The number of likely N-dealkylation sites (tertiary alicyclic amines) is 1. The molecule has 0 spiro atoms. The minimum atomic E-state index is -0.0938. The number of nitrogens with zero attached hydrogens (tertiary/aromatic N) is 2. The molecule has 1 unspecified atom stereocenters. The van der Waals surface area contributed by atoms with Gasteiger partial charge in [0, 0.05) is 31.2 Å². The zero-order chi connectivity index (χ0) is 19.2. The lowest BCUT2D eigenvalue weighted by Crippen LogP contribution is -2.46. The molecule has 1 aromatic heterocycles. The van der Waals surface area contributed by atoms with E-state index in [1.807, 2.05) is 30.5 Å². The van der Waals surface area contributed by atoms with E-state index in [-0.39, 0.29) is 11.9 Å². The summed E-state index contributed by atoms with van der Waals surface area (Å²) in [5, 5.41) is 3.13. The van der Waals surface area contributed by atoms with Crippen LogP contribution in [0.5, 0.6) is 0 Å². The second kappa shape index (κ2) is 9.30. The fourth-order valence-electron chi connectivity index (χ4n) is 3.80. The van der Waals surface area contributed by atoms with Gasteiger partial charge >= 0.3 is 0 Å². The number of anilines is 1. The van der Waals surface area contributed by atoms with Crippen LogP contribution in [-0.2, 0) is 22.7 Å². The molecule has 1 N–H and O–H groups in total. The van der Waals surface area contributed by atoms with Gasteiger partial charge in [-0.15, -0.1) is 0 Å². The molecule has 1 aliphatic carbocycles. The Kier molecular flexibility index (Phi) is 6.34. The smallest absolute Gasteiger partial charge is 0.241 e. The fraction of sp³-hybridized carbons (Fsp3) is 0.478. The molecule has 2 heterocycles. The highest BCUT2D eigenvalue weighted by molar-refractivity contribution is 5.94. The van der Waals surface area contributed by atoms with E-state index in [0.29, 0.717) is 6.61 Å². The van der Waals surface area contributed by atoms with Gasteiger partial charge < -0.3 is 10.1 Å². The lowest BCUT2D eigenvalue weighted by molar-refractivity contribution is -0.122. The first-order valence-corrected chi connectivity index (χ1v) is 10.4. The van der Waals surface area contributed by atoms with E-state index in [1.54, 1.807) is 6.20 Å². The summed E-state index contributed by atoms with van der Waals surface area (Å²) in [7, 11) is 0. The molecule has 4 rings (SSSR count). The first kappa shape index (κ1) is 19.1. The minimum absolute atomic E-state index is 0.0830. The summed E-state index contributed by atoms with van der Waals surface area (Å²) < 4.78 is 5.78. The van der Waals surface area contributed by atoms with Gasteiger partial charge in [-0.1, -0.05) is 24.6 Å². The monoisotopic (exact) mass is 379 g/mol. The van der Waals surface area contributed by atoms with Gasteiger partial charge in [-0.25, -0.2) is 0 Å². The standard InChI is InChI=1S/C23H29N3O2/c27-23(22-8-1-2-12-26(22)15-20-6-4-11-24-14-20)25-21-7-3-5-19(13-21)17-28-16-18-9-10-18/h3-7,11,13-14,18,22H,1-2,8-10,12,15-17H2,(H,25,27). The predicted molar refractivity (Wildman–Crippen MR) is 110 cm³/mol. The van der Waals surface area contributed by atoms with Crippen molar-refractivity contribution in [1.29, 1.82) is 0 Å². The number of amides is 1. The Morgan fingerprint density at radius 2 is 2.04 bits per heavy atom. The Labute approximate surface area is 167 Å². The van der Waals surface area contributed by atoms with Gasteiger partial charge in [0.25, 0.3) is 0 Å². The molecule has 0 radical (unpaired) electrons. The highest BCUT2D eigenvalue weighted by Gasteiger charge is 2.28. The molecule has 5 nitrogen and oxygen atoms in total. The number of pyridine rings is 1. The van der Waals surface area contributed by atoms with Crippen LogP contribution in [0.4, 0.5) is 5.69 Å². The summed E-state index contributed by atoms with van der Waals surface area (Å²) in [5.41, 5.74) is 3.11. The number of rotatable bonds is 8. The number of aromatic nitrogens is 1. The summed E-state index contributed by atoms with van der Waals surface area (Å²) >= 11 is 0. The molecule has 148 valence electrons. The molecule has 0 bridgehead atoms. The molecule has 2 aliphatic rings. The van der Waals surface area contributed by atoms with Crippen LogP contribution in [-0.4, -0.2) is 35.0 Å². The van der Waals surface area contributed by atoms with Gasteiger partial charge in [0.2, 0.25) is 5.91 Å². The van der Waals surface area contributed by atoms with Gasteiger partial charge in [0.05, 0.1) is 12.6 Å². The third-order valence-electron chi connectivity index (χ3n) is 5.54. The molecule has 1 aromatic carbocycles. The number of ether oxygens (including phenoxy) is 1. The van der Waals surface area contributed by atoms with Crippen LogP contribution in [0.2, 0.25) is 0 Å². The Morgan fingerprint density at radius 1 is 1.14 bits per heavy atom. The topological polar surface area (TPSA) is 54.5 Å². The molecule has 5 heteroatoms. The average Bonchev–Trinajstić information content (AvgIpc) is 3.54. The number of piperidine rings is 1. The zero-order valence-corrected chi connectivity index (χ0v) is 16.3. The molecule has 1 saturated heterocycles. The number of nitrogens with one attached hydrogen (secondary N) is 1. The van der Waals surface area contributed by atoms with Crippen molar-refractivity contribution in [2.24, 2.45) is 5.92 Å². The van der Waals surface area contributed by atoms with E-state index in [9.17, 15) is 4.79 Å². The molecular weight excluding hydrogens is 350 g/mol. The normalized spacial score (nSPS) is 20.1. The molecular formula is C23H29N3O2. The quantitative estimate of drug-likeness (QED) is 0.753. The molecule has 2 fully saturated rings. The maximum Gasteiger partial charge on any atom is 0.241 e. The second-order valence-corrected chi connectivity index (χ2v) is 7.99. The Bertz CT molecular complexity index is 776. The van der Waals surface area contributed by atoms with E-state index in [4.69, 9.17) is 4.74 Å². The number of carbonyl (C=O) groups excluding carboxylic acids is 1. The van der Waals surface area contributed by atoms with Crippen molar-refractivity contribution in [3.05, 3.63) is 59.9 Å². The number of hydrogen-bond acceptors (Lipinski definition) is 4. The minimum Gasteiger partial charge on any atom is -0.376 e. The highest BCUT2D eigenvalue weighted by atomic mass is 16.5. The largest absolute Gasteiger partial charge is 0.376 e. The number of carbonyl (C=O) groups is 1. The van der Waals surface area contributed by atoms with Crippen LogP contribution in [0.3, 0.4) is 0 Å². The maximum absolute atomic E-state index is 13.0. The molecule has 1 atom stereocenters. The lowest BCUT2D eigenvalue weighted by Gasteiger charge is -2.34. The van der Waals surface area contributed by atoms with Gasteiger partial charge in [0.15, 0.2) is 0 Å². The maximum atomic E-state index is 13.0. The highest BCUT2D eigenvalue weighted by Crippen LogP contribution is 2.29. The van der Waals surface area contributed by atoms with Crippen molar-refractivity contribution in [2.45, 2.75) is 51.3 Å². The Hall–Kier alpha value is -2.24. The van der Waals surface area contributed by atoms with Crippen molar-refractivity contribution >= 4 is 11.6 Å². The van der Waals surface area contributed by atoms with E-state index < -0.39 is 0 Å². The van der Waals surface area contributed by atoms with E-state index in [2.05, 4.69) is 27.3 Å². The molecule has 1 aliphatic heterocycles. The number of benzene rings is 1. The van der Waals surface area contributed by atoms with Gasteiger partial charge in [-0.05, 0) is 67.5 Å². The zero-order valence-electron chi connectivity index (χ0n) is 16.3. The second-order valence-electron chi connectivity index (χ2n) is 7.99. The molecule has 28 heavy (non-hydrogen) atoms. The van der Waals surface area contributed by atoms with Gasteiger partial charge in [-0.2, -0.15) is 0 Å². The lowest BCUT2D eigenvalue weighted by atomic mass is 10.0. The van der Waals surface area contributed by atoms with E-state index >= 15 is 0 Å². The SMILES string of the molecule is O=C(Nc1cccc(COCC2CC2)c1)C1CCCCN1Cc1cccnc1. The molecule has 1 amide bonds. The Balaban J connectivity index is 1.35.